The predicted molar refractivity (Wildman–Crippen MR) is 440 cm³/mol. The Morgan fingerprint density at radius 1 is 0.496 bits per heavy atom. The molecule has 34 heteroatoms. The highest BCUT2D eigenvalue weighted by Crippen LogP contribution is 2.41. The second-order valence-electron chi connectivity index (χ2n) is 29.5. The van der Waals surface area contributed by atoms with Crippen molar-refractivity contribution in [2.24, 2.45) is 14.1 Å². The number of fused-ring (bicyclic) bond motifs is 3. The third kappa shape index (κ3) is 18.7. The van der Waals surface area contributed by atoms with Gasteiger partial charge in [-0.3, -0.25) is 38.4 Å². The lowest BCUT2D eigenvalue weighted by Crippen LogP contribution is -2.52. The molecule has 604 valence electrons. The molecule has 3 saturated heterocycles. The van der Waals surface area contributed by atoms with Crippen LogP contribution in [0.1, 0.15) is 95.2 Å². The first-order chi connectivity index (χ1) is 55.4. The van der Waals surface area contributed by atoms with Gasteiger partial charge in [0.1, 0.15) is 33.7 Å². The van der Waals surface area contributed by atoms with E-state index < -0.39 is 20.5 Å². The van der Waals surface area contributed by atoms with Gasteiger partial charge in [0, 0.05) is 169 Å². The van der Waals surface area contributed by atoms with Crippen LogP contribution in [-0.4, -0.2) is 258 Å². The number of likely N-dealkylation sites (N-methyl/N-ethyl adjacent to an activating group) is 3. The quantitative estimate of drug-likeness (QED) is 0.0353. The molecule has 0 bridgehead atoms. The number of sulfone groups is 1. The van der Waals surface area contributed by atoms with Gasteiger partial charge < -0.3 is 56.1 Å². The van der Waals surface area contributed by atoms with Crippen molar-refractivity contribution >= 4 is 96.6 Å². The smallest absolute Gasteiger partial charge is 0.256 e. The fourth-order valence-electron chi connectivity index (χ4n) is 15.1. The van der Waals surface area contributed by atoms with Gasteiger partial charge in [-0.2, -0.15) is 0 Å². The second-order valence-corrected chi connectivity index (χ2v) is 31.4. The van der Waals surface area contributed by atoms with E-state index in [2.05, 4.69) is 147 Å². The normalized spacial score (nSPS) is 16.7. The highest BCUT2D eigenvalue weighted by molar-refractivity contribution is 7.90. The summed E-state index contributed by atoms with van der Waals surface area (Å²) in [6, 6.07) is 11.2. The second kappa shape index (κ2) is 36.0. The molecule has 11 heterocycles. The molecular formula is C81H100FN25O7S. The molecule has 6 N–H and O–H groups in total. The van der Waals surface area contributed by atoms with Gasteiger partial charge in [-0.15, -0.1) is 10.2 Å². The van der Waals surface area contributed by atoms with E-state index in [0.29, 0.717) is 83.9 Å². The number of aromatic nitrogens is 13. The van der Waals surface area contributed by atoms with E-state index in [1.165, 1.54) is 18.2 Å². The van der Waals surface area contributed by atoms with Gasteiger partial charge in [0.2, 0.25) is 35.6 Å². The monoisotopic (exact) mass is 1590 g/mol. The molecule has 3 aliphatic carbocycles. The Bertz CT molecular complexity index is 5300. The minimum absolute atomic E-state index is 0.00141. The zero-order valence-electron chi connectivity index (χ0n) is 67.3. The number of aryl methyl sites for hydroxylation is 4. The van der Waals surface area contributed by atoms with Gasteiger partial charge in [-0.05, 0) is 138 Å². The summed E-state index contributed by atoms with van der Waals surface area (Å²) >= 11 is 0. The van der Waals surface area contributed by atoms with Crippen molar-refractivity contribution in [1.82, 2.24) is 93.8 Å². The van der Waals surface area contributed by atoms with E-state index in [0.717, 1.165) is 164 Å². The molecular weight excluding hydrogens is 1490 g/mol. The van der Waals surface area contributed by atoms with E-state index >= 15 is 0 Å². The van der Waals surface area contributed by atoms with Crippen LogP contribution in [0.5, 0.6) is 11.8 Å². The van der Waals surface area contributed by atoms with Crippen LogP contribution in [0.25, 0.3) is 16.7 Å². The number of amides is 3. The number of allylic oxidation sites excluding steroid dienone is 3. The molecule has 0 spiro atoms. The molecule has 115 heavy (non-hydrogen) atoms. The summed E-state index contributed by atoms with van der Waals surface area (Å²) in [5.74, 6) is 2.74. The Labute approximate surface area is 669 Å². The maximum absolute atomic E-state index is 14.9. The zero-order chi connectivity index (χ0) is 81.4. The minimum atomic E-state index is -3.74. The van der Waals surface area contributed by atoms with Gasteiger partial charge in [-0.25, -0.2) is 57.7 Å². The van der Waals surface area contributed by atoms with E-state index in [1.54, 1.807) is 60.8 Å². The summed E-state index contributed by atoms with van der Waals surface area (Å²) in [6.45, 7) is 20.9. The Morgan fingerprint density at radius 3 is 1.31 bits per heavy atom. The first-order valence-corrected chi connectivity index (χ1v) is 40.5. The number of methoxy groups -OCH3 is 2. The number of carbonyl (C=O) groups is 3. The molecule has 6 aliphatic rings. The number of anilines is 9. The summed E-state index contributed by atoms with van der Waals surface area (Å²) in [6.07, 6.45) is 24.5. The highest BCUT2D eigenvalue weighted by Gasteiger charge is 2.34. The Kier molecular flexibility index (Phi) is 25.5. The SMILES string of the molecule is CCC(C(=O)Nc1nccc2c1CC=C2c1nc(Nc2cccc(S(C)(=O)=O)c2F)ncc1C)N1CCN(C)CC1.CCC(C(=O)Nc1nccc2c1CC=C2c1nc(Nc2cn(C)nc2OC)ncc1C)N1CCN(C)CC1.COc1nn(C)cc1Nc1nccc(C2=CCc3c2ccnc3NC(=O)[C@@H](C)N2CCN(C)CC2)n1. The summed E-state index contributed by atoms with van der Waals surface area (Å²) in [5, 5.41) is 27.0. The van der Waals surface area contributed by atoms with Crippen LogP contribution in [0.15, 0.2) is 115 Å². The molecule has 2 unspecified atom stereocenters. The molecule has 0 saturated carbocycles. The van der Waals surface area contributed by atoms with Crippen molar-refractivity contribution in [2.45, 2.75) is 89.7 Å². The molecule has 15 rings (SSSR count). The molecule has 3 atom stereocenters. The summed E-state index contributed by atoms with van der Waals surface area (Å²) < 4.78 is 52.8. The number of nitrogens with one attached hydrogen (secondary N) is 6. The van der Waals surface area contributed by atoms with Crippen LogP contribution in [-0.2, 0) is 57.6 Å². The number of ether oxygens (including phenoxy) is 2. The summed E-state index contributed by atoms with van der Waals surface area (Å²) in [4.78, 5) is 93.7. The number of hydrogen-bond acceptors (Lipinski definition) is 27. The average Bonchev–Trinajstić information content (AvgIpc) is 1.65. The van der Waals surface area contributed by atoms with E-state index in [4.69, 9.17) is 19.4 Å². The first-order valence-electron chi connectivity index (χ1n) is 38.6. The topological polar surface area (TPSA) is 347 Å². The van der Waals surface area contributed by atoms with Crippen molar-refractivity contribution in [3.63, 3.8) is 0 Å². The number of piperazine rings is 3. The van der Waals surface area contributed by atoms with Gasteiger partial charge in [0.05, 0.1) is 67.5 Å². The largest absolute Gasteiger partial charge is 0.478 e. The number of carbonyl (C=O) groups excluding carboxylic acids is 3. The van der Waals surface area contributed by atoms with Crippen molar-refractivity contribution in [2.75, 3.05) is 152 Å². The molecule has 3 aliphatic heterocycles. The predicted octanol–water partition coefficient (Wildman–Crippen LogP) is 7.96. The van der Waals surface area contributed by atoms with Crippen molar-refractivity contribution < 1.29 is 36.7 Å². The Balaban J connectivity index is 0.000000151. The van der Waals surface area contributed by atoms with Crippen LogP contribution in [0.3, 0.4) is 0 Å². The average molecular weight is 1590 g/mol. The van der Waals surface area contributed by atoms with Crippen LogP contribution in [0.2, 0.25) is 0 Å². The molecule has 3 amide bonds. The number of benzene rings is 1. The minimum Gasteiger partial charge on any atom is -0.478 e. The fraction of sp³-hybridized carbons (Fsp3) is 0.407. The Morgan fingerprint density at radius 2 is 0.887 bits per heavy atom. The van der Waals surface area contributed by atoms with E-state index in [1.807, 2.05) is 84.5 Å². The Hall–Kier alpha value is -11.4. The number of pyridine rings is 3. The molecule has 1 aromatic carbocycles. The van der Waals surface area contributed by atoms with Gasteiger partial charge in [0.25, 0.3) is 11.8 Å². The molecule has 0 radical (unpaired) electrons. The first kappa shape index (κ1) is 81.6. The third-order valence-electron chi connectivity index (χ3n) is 21.6. The number of hydrogen-bond donors (Lipinski definition) is 6. The van der Waals surface area contributed by atoms with Gasteiger partial charge in [0.15, 0.2) is 15.7 Å². The fourth-order valence-corrected chi connectivity index (χ4v) is 15.8. The third-order valence-corrected chi connectivity index (χ3v) is 22.7. The highest BCUT2D eigenvalue weighted by atomic mass is 32.2. The van der Waals surface area contributed by atoms with Crippen LogP contribution < -0.4 is 41.4 Å². The van der Waals surface area contributed by atoms with Crippen molar-refractivity contribution in [1.29, 1.82) is 0 Å². The van der Waals surface area contributed by atoms with Gasteiger partial charge >= 0.3 is 0 Å². The van der Waals surface area contributed by atoms with Crippen LogP contribution in [0.4, 0.5) is 56.8 Å². The maximum atomic E-state index is 14.9. The molecule has 8 aromatic heterocycles. The lowest BCUT2D eigenvalue weighted by Gasteiger charge is -2.36. The van der Waals surface area contributed by atoms with Crippen LogP contribution >= 0.6 is 0 Å². The van der Waals surface area contributed by atoms with Gasteiger partial charge in [-0.1, -0.05) is 38.1 Å². The summed E-state index contributed by atoms with van der Waals surface area (Å²) in [7, 11) is 9.37. The van der Waals surface area contributed by atoms with Crippen molar-refractivity contribution in [3.8, 4) is 11.8 Å². The molecule has 32 nitrogen and oxygen atoms in total. The standard InChI is InChI=1S/C29H34FN7O3S.C27H35N9O2.C25H31N9O2/c1-5-23(37-15-13-36(3)14-16-37)28(38)35-27-21-10-9-20(19(21)11-12-31-27)26-18(2)17-32-29(34-26)33-22-7-6-8-24(25(22)30)41(4,39)40;1-6-22(36-13-11-34(3)12-14-36)25(37)32-24-20-8-7-19(18(20)9-10-28-24)23-17(2)15-29-27(31-23)30-21-16-35(4)33-26(21)38-5;1-16(34-13-11-32(2)12-14-34)23(35)30-22-19-6-5-18(17(19)7-9-26-22)20-8-10-27-25(28-20)29-21-15-33(3)31-24(21)36-4/h6-9,11-12,17,23H,5,10,13-16H2,1-4H3,(H,31,35,38)(H,32,33,34);7,9-10,15-16,22H,6,8,11-14H2,1-5H3,(H,28,32,37)(H,29,30,31);5,7-10,15-16H,6,11-14H2,1-4H3,(H,26,30,35)(H,27,28,29)/t;;16-/m..1/s1. The molecule has 3 fully saturated rings. The van der Waals surface area contributed by atoms with Crippen LogP contribution in [0, 0.1) is 19.7 Å². The van der Waals surface area contributed by atoms with E-state index in [9.17, 15) is 27.2 Å². The number of rotatable bonds is 23. The lowest BCUT2D eigenvalue weighted by atomic mass is 10.0. The number of nitrogens with zero attached hydrogens (tertiary/aromatic N) is 19. The molecule has 9 aromatic rings. The van der Waals surface area contributed by atoms with Crippen molar-refractivity contribution in [3.05, 3.63) is 178 Å². The summed E-state index contributed by atoms with van der Waals surface area (Å²) in [5.41, 5.74) is 14.0. The van der Waals surface area contributed by atoms with E-state index in [-0.39, 0.29) is 47.5 Å². The lowest BCUT2D eigenvalue weighted by molar-refractivity contribution is -0.122. The maximum Gasteiger partial charge on any atom is 0.256 e. The number of halogens is 1. The zero-order valence-corrected chi connectivity index (χ0v) is 68.1.